The number of amides is 1. The monoisotopic (exact) mass is 297 g/mol. The summed E-state index contributed by atoms with van der Waals surface area (Å²) in [7, 11) is 0. The molecule has 2 N–H and O–H groups in total. The zero-order chi connectivity index (χ0) is 13.9. The van der Waals surface area contributed by atoms with E-state index >= 15 is 0 Å². The van der Waals surface area contributed by atoms with Gasteiger partial charge in [0.2, 0.25) is 0 Å². The molecule has 0 aromatic carbocycles. The van der Waals surface area contributed by atoms with Gasteiger partial charge in [-0.3, -0.25) is 20.6 Å². The number of carbonyl (C=O) groups is 1. The molecule has 19 heavy (non-hydrogen) atoms. The molecular formula is C13H19N3OS2. The van der Waals surface area contributed by atoms with Gasteiger partial charge >= 0.3 is 0 Å². The number of hydrogen-bond donors (Lipinski definition) is 2. The Morgan fingerprint density at radius 3 is 2.84 bits per heavy atom. The molecule has 6 heteroatoms. The van der Waals surface area contributed by atoms with Gasteiger partial charge in [-0.15, -0.1) is 0 Å². The molecule has 1 rings (SSSR count). The van der Waals surface area contributed by atoms with Crippen LogP contribution in [0.2, 0.25) is 0 Å². The van der Waals surface area contributed by atoms with E-state index in [1.54, 1.807) is 36.2 Å². The minimum Gasteiger partial charge on any atom is -0.283 e. The molecule has 0 bridgehead atoms. The smallest absolute Gasteiger partial charge is 0.283 e. The summed E-state index contributed by atoms with van der Waals surface area (Å²) in [5, 5.41) is 0. The van der Waals surface area contributed by atoms with E-state index in [2.05, 4.69) is 22.8 Å². The maximum atomic E-state index is 11.7. The number of nitrogens with zero attached hydrogens (tertiary/aromatic N) is 1. The van der Waals surface area contributed by atoms with Crippen molar-refractivity contribution in [3.8, 4) is 0 Å². The van der Waals surface area contributed by atoms with Gasteiger partial charge in [0.15, 0.2) is 4.32 Å². The van der Waals surface area contributed by atoms with Crippen molar-refractivity contribution in [2.75, 3.05) is 5.75 Å². The Hall–Kier alpha value is -1.14. The second-order valence-electron chi connectivity index (χ2n) is 3.99. The fraction of sp³-hybridized carbons (Fsp3) is 0.462. The Kier molecular flexibility index (Phi) is 8.16. The lowest BCUT2D eigenvalue weighted by Gasteiger charge is -2.08. The first-order valence-electron chi connectivity index (χ1n) is 6.38. The van der Waals surface area contributed by atoms with Gasteiger partial charge in [-0.05, 0) is 18.6 Å². The summed E-state index contributed by atoms with van der Waals surface area (Å²) in [4.78, 5) is 15.6. The zero-order valence-corrected chi connectivity index (χ0v) is 12.6. The summed E-state index contributed by atoms with van der Waals surface area (Å²) in [5.74, 6) is 0.695. The summed E-state index contributed by atoms with van der Waals surface area (Å²) in [5.41, 5.74) is 5.63. The van der Waals surface area contributed by atoms with Crippen molar-refractivity contribution in [1.29, 1.82) is 0 Å². The zero-order valence-electron chi connectivity index (χ0n) is 11.0. The summed E-state index contributed by atoms with van der Waals surface area (Å²) < 4.78 is 0.584. The van der Waals surface area contributed by atoms with Gasteiger partial charge in [0.1, 0.15) is 5.69 Å². The first-order valence-corrected chi connectivity index (χ1v) is 7.77. The third kappa shape index (κ3) is 7.12. The Bertz CT molecular complexity index is 398. The molecule has 1 aromatic heterocycles. The van der Waals surface area contributed by atoms with Gasteiger partial charge in [-0.25, -0.2) is 0 Å². The molecule has 0 radical (unpaired) electrons. The van der Waals surface area contributed by atoms with Gasteiger partial charge in [0.05, 0.1) is 0 Å². The lowest BCUT2D eigenvalue weighted by atomic mass is 10.2. The summed E-state index contributed by atoms with van der Waals surface area (Å²) in [6, 6.07) is 5.18. The van der Waals surface area contributed by atoms with Crippen LogP contribution in [0.15, 0.2) is 24.4 Å². The van der Waals surface area contributed by atoms with Gasteiger partial charge in [0.25, 0.3) is 5.91 Å². The molecule has 0 spiro atoms. The van der Waals surface area contributed by atoms with Crippen molar-refractivity contribution in [3.63, 3.8) is 0 Å². The minimum absolute atomic E-state index is 0.283. The van der Waals surface area contributed by atoms with Gasteiger partial charge < -0.3 is 0 Å². The third-order valence-electron chi connectivity index (χ3n) is 2.41. The van der Waals surface area contributed by atoms with Crippen LogP contribution in [0.25, 0.3) is 0 Å². The largest absolute Gasteiger partial charge is 0.288 e. The predicted octanol–water partition coefficient (Wildman–Crippen LogP) is 2.91. The minimum atomic E-state index is -0.283. The van der Waals surface area contributed by atoms with Gasteiger partial charge in [-0.2, -0.15) is 0 Å². The quantitative estimate of drug-likeness (QED) is 0.480. The van der Waals surface area contributed by atoms with Gasteiger partial charge in [-0.1, -0.05) is 56.2 Å². The molecule has 0 saturated heterocycles. The Labute approximate surface area is 123 Å². The van der Waals surface area contributed by atoms with Crippen LogP contribution in [0.1, 0.15) is 43.1 Å². The van der Waals surface area contributed by atoms with E-state index in [0.717, 1.165) is 12.2 Å². The number of thiocarbonyl (C=S) groups is 1. The average Bonchev–Trinajstić information content (AvgIpc) is 2.45. The fourth-order valence-electron chi connectivity index (χ4n) is 1.40. The number of carbonyl (C=O) groups excluding carboxylic acids is 1. The van der Waals surface area contributed by atoms with Crippen LogP contribution in [0.5, 0.6) is 0 Å². The van der Waals surface area contributed by atoms with Crippen LogP contribution in [0.3, 0.4) is 0 Å². The summed E-state index contributed by atoms with van der Waals surface area (Å²) in [6.45, 7) is 2.19. The molecule has 1 aromatic rings. The van der Waals surface area contributed by atoms with Crippen molar-refractivity contribution in [2.24, 2.45) is 0 Å². The van der Waals surface area contributed by atoms with E-state index in [9.17, 15) is 4.79 Å². The highest BCUT2D eigenvalue weighted by molar-refractivity contribution is 8.22. The first-order chi connectivity index (χ1) is 9.24. The normalized spacial score (nSPS) is 9.95. The standard InChI is InChI=1S/C13H19N3OS2/c1-2-3-4-7-10-19-13(18)16-15-12(17)11-8-5-6-9-14-11/h5-6,8-9H,2-4,7,10H2,1H3,(H,15,17)(H,16,18). The van der Waals surface area contributed by atoms with E-state index in [4.69, 9.17) is 12.2 Å². The van der Waals surface area contributed by atoms with Crippen molar-refractivity contribution in [3.05, 3.63) is 30.1 Å². The average molecular weight is 297 g/mol. The number of rotatable bonds is 6. The van der Waals surface area contributed by atoms with Crippen LogP contribution >= 0.6 is 24.0 Å². The molecule has 0 aliphatic heterocycles. The van der Waals surface area contributed by atoms with Gasteiger partial charge in [0, 0.05) is 11.9 Å². The molecule has 0 fully saturated rings. The Morgan fingerprint density at radius 2 is 2.16 bits per heavy atom. The number of unbranched alkanes of at least 4 members (excludes halogenated alkanes) is 3. The molecule has 0 aliphatic carbocycles. The molecule has 1 amide bonds. The highest BCUT2D eigenvalue weighted by atomic mass is 32.2. The molecule has 104 valence electrons. The predicted molar refractivity (Wildman–Crippen MR) is 84.0 cm³/mol. The fourth-order valence-corrected chi connectivity index (χ4v) is 2.36. The number of hydrazine groups is 1. The topological polar surface area (TPSA) is 54.0 Å². The molecule has 0 unspecified atom stereocenters. The highest BCUT2D eigenvalue weighted by Crippen LogP contribution is 2.08. The summed E-state index contributed by atoms with van der Waals surface area (Å²) in [6.07, 6.45) is 6.45. The highest BCUT2D eigenvalue weighted by Gasteiger charge is 2.05. The molecule has 0 saturated carbocycles. The summed E-state index contributed by atoms with van der Waals surface area (Å²) >= 11 is 6.67. The van der Waals surface area contributed by atoms with E-state index in [-0.39, 0.29) is 5.91 Å². The van der Waals surface area contributed by atoms with E-state index < -0.39 is 0 Å². The van der Waals surface area contributed by atoms with E-state index in [1.807, 2.05) is 0 Å². The second-order valence-corrected chi connectivity index (χ2v) is 5.76. The number of hydrogen-bond acceptors (Lipinski definition) is 4. The number of thioether (sulfide) groups is 1. The second kappa shape index (κ2) is 9.75. The SMILES string of the molecule is CCCCCCSC(=S)NNC(=O)c1ccccn1. The van der Waals surface area contributed by atoms with Crippen LogP contribution in [-0.2, 0) is 0 Å². The van der Waals surface area contributed by atoms with Crippen LogP contribution in [0, 0.1) is 0 Å². The maximum absolute atomic E-state index is 11.7. The van der Waals surface area contributed by atoms with Crippen LogP contribution in [0.4, 0.5) is 0 Å². The number of aromatic nitrogens is 1. The third-order valence-corrected chi connectivity index (χ3v) is 3.72. The Balaban J connectivity index is 2.15. The number of pyridine rings is 1. The van der Waals surface area contributed by atoms with Crippen molar-refractivity contribution in [2.45, 2.75) is 32.6 Å². The molecule has 0 aliphatic rings. The van der Waals surface area contributed by atoms with E-state index in [1.165, 1.54) is 19.3 Å². The maximum Gasteiger partial charge on any atom is 0.288 e. The van der Waals surface area contributed by atoms with Crippen molar-refractivity contribution < 1.29 is 4.79 Å². The van der Waals surface area contributed by atoms with Crippen LogP contribution in [-0.4, -0.2) is 21.0 Å². The first kappa shape index (κ1) is 15.9. The van der Waals surface area contributed by atoms with Crippen molar-refractivity contribution >= 4 is 34.2 Å². The lowest BCUT2D eigenvalue weighted by Crippen LogP contribution is -2.40. The lowest BCUT2D eigenvalue weighted by molar-refractivity contribution is 0.0939. The molecule has 1 heterocycles. The Morgan fingerprint density at radius 1 is 1.32 bits per heavy atom. The number of nitrogens with one attached hydrogen (secondary N) is 2. The molecular weight excluding hydrogens is 278 g/mol. The van der Waals surface area contributed by atoms with Crippen LogP contribution < -0.4 is 10.9 Å². The van der Waals surface area contributed by atoms with Crippen molar-refractivity contribution in [1.82, 2.24) is 15.8 Å². The molecule has 4 nitrogen and oxygen atoms in total. The molecule has 0 atom stereocenters. The van der Waals surface area contributed by atoms with E-state index in [0.29, 0.717) is 10.0 Å².